The van der Waals surface area contributed by atoms with Gasteiger partial charge in [0.1, 0.15) is 5.65 Å². The first-order valence-corrected chi connectivity index (χ1v) is 13.6. The van der Waals surface area contributed by atoms with Gasteiger partial charge in [-0.05, 0) is 50.3 Å². The highest BCUT2D eigenvalue weighted by atomic mass is 16.3. The number of benzene rings is 1. The highest BCUT2D eigenvalue weighted by molar-refractivity contribution is 5.95. The molecule has 1 saturated heterocycles. The zero-order chi connectivity index (χ0) is 24.9. The number of piperazine rings is 1. The van der Waals surface area contributed by atoms with Gasteiger partial charge >= 0.3 is 0 Å². The van der Waals surface area contributed by atoms with Gasteiger partial charge in [-0.3, -0.25) is 4.90 Å². The zero-order valence-corrected chi connectivity index (χ0v) is 21.8. The van der Waals surface area contributed by atoms with Crippen molar-refractivity contribution in [1.29, 1.82) is 0 Å². The Morgan fingerprint density at radius 3 is 2.56 bits per heavy atom. The molecule has 5 rings (SSSR count). The number of fused-ring (bicyclic) bond motifs is 1. The molecule has 7 heteroatoms. The van der Waals surface area contributed by atoms with Gasteiger partial charge in [0, 0.05) is 68.8 Å². The summed E-state index contributed by atoms with van der Waals surface area (Å²) in [4.78, 5) is 14.5. The van der Waals surface area contributed by atoms with Gasteiger partial charge in [-0.25, -0.2) is 4.98 Å². The Morgan fingerprint density at radius 2 is 1.83 bits per heavy atom. The van der Waals surface area contributed by atoms with Crippen LogP contribution in [0.25, 0.3) is 28.4 Å². The first-order chi connectivity index (χ1) is 17.6. The van der Waals surface area contributed by atoms with E-state index in [1.165, 1.54) is 16.7 Å². The summed E-state index contributed by atoms with van der Waals surface area (Å²) in [6, 6.07) is 9.00. The van der Waals surface area contributed by atoms with Gasteiger partial charge in [0.15, 0.2) is 0 Å². The number of rotatable bonds is 8. The number of hydrogen-bond acceptors (Lipinski definition) is 6. The number of aliphatic hydroxyl groups is 1. The molecule has 2 fully saturated rings. The summed E-state index contributed by atoms with van der Waals surface area (Å²) in [6.07, 6.45) is 12.0. The minimum Gasteiger partial charge on any atom is -0.393 e. The maximum absolute atomic E-state index is 9.93. The second kappa shape index (κ2) is 11.5. The van der Waals surface area contributed by atoms with E-state index in [1.807, 2.05) is 6.20 Å². The average Bonchev–Trinajstić information content (AvgIpc) is 3.25. The molecule has 0 bridgehead atoms. The molecule has 2 N–H and O–H groups in total. The number of aliphatic hydroxyl groups excluding tert-OH is 1. The lowest BCUT2D eigenvalue weighted by atomic mass is 9.93. The standard InChI is InChI=1S/C29H40N6O/c1-3-4-13-30-29-31-18-26-27(21-35(28(26)32-29)20-23-7-11-25(36)12-8-23)24-9-5-22(6-10-24)19-34-16-14-33(2)15-17-34/h5-6,9-10,18,20-21,25,36H,3-4,7-8,11-17,19H2,1-2H3,(H,30,31,32). The number of likely N-dealkylation sites (N-methyl/N-ethyl adjacent to an activating group) is 1. The number of aromatic nitrogens is 3. The van der Waals surface area contributed by atoms with Gasteiger partial charge < -0.3 is 19.9 Å². The normalized spacial score (nSPS) is 19.6. The highest BCUT2D eigenvalue weighted by Gasteiger charge is 2.17. The number of hydrogen-bond donors (Lipinski definition) is 2. The Balaban J connectivity index is 1.42. The number of allylic oxidation sites excluding steroid dienone is 1. The third-order valence-corrected chi connectivity index (χ3v) is 7.57. The van der Waals surface area contributed by atoms with Crippen molar-refractivity contribution in [2.24, 2.45) is 0 Å². The summed E-state index contributed by atoms with van der Waals surface area (Å²) < 4.78 is 2.17. The highest BCUT2D eigenvalue weighted by Crippen LogP contribution is 2.32. The van der Waals surface area contributed by atoms with Crippen LogP contribution in [0.2, 0.25) is 0 Å². The van der Waals surface area contributed by atoms with Crippen molar-refractivity contribution in [2.75, 3.05) is 45.1 Å². The van der Waals surface area contributed by atoms with Crippen LogP contribution in [0.15, 0.2) is 42.2 Å². The maximum atomic E-state index is 9.93. The van der Waals surface area contributed by atoms with Crippen molar-refractivity contribution in [2.45, 2.75) is 58.1 Å². The van der Waals surface area contributed by atoms with Crippen molar-refractivity contribution in [3.63, 3.8) is 0 Å². The molecule has 0 spiro atoms. The maximum Gasteiger partial charge on any atom is 0.224 e. The van der Waals surface area contributed by atoms with Crippen LogP contribution in [0.4, 0.5) is 5.95 Å². The molecule has 1 aliphatic carbocycles. The number of unbranched alkanes of at least 4 members (excludes halogenated alkanes) is 1. The molecule has 192 valence electrons. The Bertz CT molecular complexity index is 1170. The van der Waals surface area contributed by atoms with E-state index in [0.29, 0.717) is 5.95 Å². The number of nitrogens with one attached hydrogen (secondary N) is 1. The third-order valence-electron chi connectivity index (χ3n) is 7.57. The van der Waals surface area contributed by atoms with Crippen LogP contribution in [0.1, 0.15) is 51.0 Å². The Morgan fingerprint density at radius 1 is 1.08 bits per heavy atom. The smallest absolute Gasteiger partial charge is 0.224 e. The third kappa shape index (κ3) is 5.97. The molecule has 0 amide bonds. The second-order valence-electron chi connectivity index (χ2n) is 10.5. The summed E-state index contributed by atoms with van der Waals surface area (Å²) in [6.45, 7) is 8.61. The summed E-state index contributed by atoms with van der Waals surface area (Å²) in [5, 5.41) is 14.4. The lowest BCUT2D eigenvalue weighted by Gasteiger charge is -2.32. The van der Waals surface area contributed by atoms with E-state index < -0.39 is 0 Å². The van der Waals surface area contributed by atoms with Crippen molar-refractivity contribution in [3.8, 4) is 11.1 Å². The molecule has 0 atom stereocenters. The van der Waals surface area contributed by atoms with Crippen LogP contribution in [0.5, 0.6) is 0 Å². The molecule has 1 saturated carbocycles. The number of anilines is 1. The molecule has 0 radical (unpaired) electrons. The fourth-order valence-electron chi connectivity index (χ4n) is 5.17. The minimum absolute atomic E-state index is 0.167. The summed E-state index contributed by atoms with van der Waals surface area (Å²) in [5.74, 6) is 0.682. The average molecular weight is 489 g/mol. The lowest BCUT2D eigenvalue weighted by molar-refractivity contribution is 0.144. The molecule has 3 heterocycles. The lowest BCUT2D eigenvalue weighted by Crippen LogP contribution is -2.43. The molecule has 36 heavy (non-hydrogen) atoms. The molecule has 7 nitrogen and oxygen atoms in total. The van der Waals surface area contributed by atoms with Gasteiger partial charge in [-0.15, -0.1) is 0 Å². The monoisotopic (exact) mass is 488 g/mol. The Labute approximate surface area is 214 Å². The molecular weight excluding hydrogens is 448 g/mol. The van der Waals surface area contributed by atoms with E-state index in [-0.39, 0.29) is 6.10 Å². The van der Waals surface area contributed by atoms with Gasteiger partial charge in [0.2, 0.25) is 5.95 Å². The van der Waals surface area contributed by atoms with E-state index in [1.54, 1.807) is 0 Å². The topological polar surface area (TPSA) is 69.5 Å². The minimum atomic E-state index is -0.167. The van der Waals surface area contributed by atoms with Crippen LogP contribution in [-0.2, 0) is 6.54 Å². The van der Waals surface area contributed by atoms with Crippen LogP contribution in [0.3, 0.4) is 0 Å². The van der Waals surface area contributed by atoms with E-state index in [9.17, 15) is 5.11 Å². The van der Waals surface area contributed by atoms with Crippen LogP contribution in [0, 0.1) is 0 Å². The quantitative estimate of drug-likeness (QED) is 0.443. The van der Waals surface area contributed by atoms with Gasteiger partial charge in [0.25, 0.3) is 0 Å². The molecule has 1 aromatic carbocycles. The first-order valence-electron chi connectivity index (χ1n) is 13.6. The van der Waals surface area contributed by atoms with Gasteiger partial charge in [-0.2, -0.15) is 4.98 Å². The molecule has 0 unspecified atom stereocenters. The Hall–Kier alpha value is -2.74. The predicted molar refractivity (Wildman–Crippen MR) is 148 cm³/mol. The van der Waals surface area contributed by atoms with Crippen LogP contribution in [-0.4, -0.2) is 75.3 Å². The number of nitrogens with zero attached hydrogens (tertiary/aromatic N) is 5. The summed E-state index contributed by atoms with van der Waals surface area (Å²) >= 11 is 0. The molecule has 2 aliphatic rings. The molecule has 1 aliphatic heterocycles. The van der Waals surface area contributed by atoms with E-state index >= 15 is 0 Å². The largest absolute Gasteiger partial charge is 0.393 e. The van der Waals surface area contributed by atoms with E-state index in [0.717, 1.165) is 94.4 Å². The van der Waals surface area contributed by atoms with E-state index in [2.05, 4.69) is 75.3 Å². The SMILES string of the molecule is CCCCNc1ncc2c(-c3ccc(CN4CCN(C)CC4)cc3)cn(C=C3CCC(O)CC3)c2n1. The van der Waals surface area contributed by atoms with E-state index in [4.69, 9.17) is 4.98 Å². The predicted octanol–water partition coefficient (Wildman–Crippen LogP) is 4.83. The first kappa shape index (κ1) is 24.9. The van der Waals surface area contributed by atoms with Crippen molar-refractivity contribution < 1.29 is 5.11 Å². The zero-order valence-electron chi connectivity index (χ0n) is 21.8. The van der Waals surface area contributed by atoms with Crippen molar-refractivity contribution in [1.82, 2.24) is 24.3 Å². The molecule has 2 aromatic heterocycles. The summed E-state index contributed by atoms with van der Waals surface area (Å²) in [5.41, 5.74) is 6.00. The van der Waals surface area contributed by atoms with Crippen LogP contribution < -0.4 is 5.32 Å². The van der Waals surface area contributed by atoms with Crippen molar-refractivity contribution in [3.05, 3.63) is 47.8 Å². The molecular formula is C29H40N6O. The summed E-state index contributed by atoms with van der Waals surface area (Å²) in [7, 11) is 2.20. The van der Waals surface area contributed by atoms with Crippen LogP contribution >= 0.6 is 0 Å². The fraction of sp³-hybridized carbons (Fsp3) is 0.517. The van der Waals surface area contributed by atoms with Gasteiger partial charge in [-0.1, -0.05) is 43.2 Å². The second-order valence-corrected chi connectivity index (χ2v) is 10.5. The fourth-order valence-corrected chi connectivity index (χ4v) is 5.17. The van der Waals surface area contributed by atoms with Gasteiger partial charge in [0.05, 0.1) is 6.10 Å². The Kier molecular flexibility index (Phi) is 7.99. The molecule has 3 aromatic rings. The van der Waals surface area contributed by atoms with Crippen molar-refractivity contribution >= 4 is 23.2 Å².